The van der Waals surface area contributed by atoms with E-state index in [1.165, 1.54) is 27.3 Å². The first-order valence-corrected chi connectivity index (χ1v) is 11.1. The zero-order valence-corrected chi connectivity index (χ0v) is 17.3. The monoisotopic (exact) mass is 404 g/mol. The summed E-state index contributed by atoms with van der Waals surface area (Å²) in [5, 5.41) is 3.18. The second-order valence-corrected chi connectivity index (χ2v) is 9.11. The molecular formula is C22H20N4S2. The maximum Gasteiger partial charge on any atom is 0.169 e. The minimum atomic E-state index is 0.854. The Morgan fingerprint density at radius 1 is 1.07 bits per heavy atom. The molecule has 0 atom stereocenters. The summed E-state index contributed by atoms with van der Waals surface area (Å²) in [6.07, 6.45) is 5.01. The molecule has 0 bridgehead atoms. The molecule has 0 N–H and O–H groups in total. The van der Waals surface area contributed by atoms with Crippen molar-refractivity contribution in [2.45, 2.75) is 26.4 Å². The smallest absolute Gasteiger partial charge is 0.169 e. The molecule has 1 aliphatic heterocycles. The minimum Gasteiger partial charge on any atom is -0.293 e. The van der Waals surface area contributed by atoms with E-state index in [0.717, 1.165) is 41.8 Å². The van der Waals surface area contributed by atoms with E-state index in [1.807, 2.05) is 18.5 Å². The lowest BCUT2D eigenvalue weighted by molar-refractivity contribution is 0.245. The maximum atomic E-state index is 4.81. The highest BCUT2D eigenvalue weighted by Crippen LogP contribution is 2.30. The number of fused-ring (bicyclic) bond motifs is 1. The quantitative estimate of drug-likeness (QED) is 0.469. The van der Waals surface area contributed by atoms with E-state index in [4.69, 9.17) is 4.98 Å². The average Bonchev–Trinajstić information content (AvgIpc) is 3.40. The summed E-state index contributed by atoms with van der Waals surface area (Å²) in [6, 6.07) is 12.6. The molecule has 0 aliphatic carbocycles. The third-order valence-electron chi connectivity index (χ3n) is 5.06. The molecule has 0 unspecified atom stereocenters. The predicted octanol–water partition coefficient (Wildman–Crippen LogP) is 5.20. The minimum absolute atomic E-state index is 0.854. The Kier molecular flexibility index (Phi) is 4.76. The number of aromatic nitrogens is 3. The van der Waals surface area contributed by atoms with Crippen LogP contribution in [0.4, 0.5) is 0 Å². The highest BCUT2D eigenvalue weighted by atomic mass is 32.1. The van der Waals surface area contributed by atoms with Gasteiger partial charge in [-0.15, -0.1) is 22.7 Å². The van der Waals surface area contributed by atoms with Crippen LogP contribution in [0.5, 0.6) is 0 Å². The highest BCUT2D eigenvalue weighted by Gasteiger charge is 2.20. The van der Waals surface area contributed by atoms with E-state index in [0.29, 0.717) is 0 Å². The average molecular weight is 405 g/mol. The Morgan fingerprint density at radius 3 is 2.86 bits per heavy atom. The van der Waals surface area contributed by atoms with Crippen LogP contribution in [0.1, 0.15) is 21.7 Å². The van der Waals surface area contributed by atoms with Gasteiger partial charge in [0.25, 0.3) is 0 Å². The normalized spacial score (nSPS) is 14.2. The molecule has 6 heteroatoms. The predicted molar refractivity (Wildman–Crippen MR) is 115 cm³/mol. The number of thiazole rings is 1. The van der Waals surface area contributed by atoms with Gasteiger partial charge in [-0.2, -0.15) is 0 Å². The summed E-state index contributed by atoms with van der Waals surface area (Å²) in [4.78, 5) is 19.0. The fraction of sp³-hybridized carbons (Fsp3) is 0.227. The molecule has 0 fully saturated rings. The molecule has 4 nitrogen and oxygen atoms in total. The number of benzene rings is 1. The number of thiophene rings is 1. The zero-order valence-electron chi connectivity index (χ0n) is 15.6. The molecule has 1 aliphatic rings. The molecule has 1 aromatic carbocycles. The molecule has 0 radical (unpaired) electrons. The van der Waals surface area contributed by atoms with Gasteiger partial charge in [0.2, 0.25) is 0 Å². The molecule has 28 heavy (non-hydrogen) atoms. The fourth-order valence-corrected chi connectivity index (χ4v) is 5.28. The first kappa shape index (κ1) is 17.7. The van der Waals surface area contributed by atoms with E-state index in [-0.39, 0.29) is 0 Å². The van der Waals surface area contributed by atoms with E-state index in [2.05, 4.69) is 57.5 Å². The molecule has 4 aromatic rings. The highest BCUT2D eigenvalue weighted by molar-refractivity contribution is 7.15. The van der Waals surface area contributed by atoms with Gasteiger partial charge in [0.1, 0.15) is 5.01 Å². The fourth-order valence-electron chi connectivity index (χ4n) is 3.57. The van der Waals surface area contributed by atoms with Gasteiger partial charge >= 0.3 is 0 Å². The van der Waals surface area contributed by atoms with Crippen molar-refractivity contribution in [3.8, 4) is 21.3 Å². The summed E-state index contributed by atoms with van der Waals surface area (Å²) in [6.45, 7) is 4.99. The standard InChI is InChI=1S/C22H20N4S2/c1-15-5-2-3-6-18(15)22-24-12-17(28-22)14-26-9-8-19-16(13-26)11-23-21(25-19)20-7-4-10-27-20/h2-7,10-12H,8-9,13-14H2,1H3. The lowest BCUT2D eigenvalue weighted by Gasteiger charge is -2.27. The van der Waals surface area contributed by atoms with Gasteiger partial charge < -0.3 is 0 Å². The van der Waals surface area contributed by atoms with Crippen molar-refractivity contribution in [3.05, 3.63) is 75.9 Å². The van der Waals surface area contributed by atoms with Crippen molar-refractivity contribution >= 4 is 22.7 Å². The number of rotatable bonds is 4. The van der Waals surface area contributed by atoms with Gasteiger partial charge in [-0.25, -0.2) is 15.0 Å². The molecule has 3 aromatic heterocycles. The topological polar surface area (TPSA) is 41.9 Å². The summed E-state index contributed by atoms with van der Waals surface area (Å²) in [5.74, 6) is 0.854. The molecule has 0 spiro atoms. The zero-order chi connectivity index (χ0) is 18.9. The number of aryl methyl sites for hydroxylation is 1. The molecule has 0 saturated heterocycles. The van der Waals surface area contributed by atoms with Gasteiger partial charge in [-0.1, -0.05) is 30.3 Å². The molecule has 4 heterocycles. The molecule has 140 valence electrons. The summed E-state index contributed by atoms with van der Waals surface area (Å²) in [7, 11) is 0. The Bertz CT molecular complexity index is 1100. The lowest BCUT2D eigenvalue weighted by atomic mass is 10.1. The van der Waals surface area contributed by atoms with E-state index in [1.54, 1.807) is 22.7 Å². The van der Waals surface area contributed by atoms with Crippen LogP contribution < -0.4 is 0 Å². The first-order valence-electron chi connectivity index (χ1n) is 9.38. The van der Waals surface area contributed by atoms with Crippen LogP contribution in [0.15, 0.2) is 54.2 Å². The summed E-state index contributed by atoms with van der Waals surface area (Å²) in [5.41, 5.74) is 4.95. The van der Waals surface area contributed by atoms with Gasteiger partial charge in [0, 0.05) is 54.5 Å². The van der Waals surface area contributed by atoms with Crippen LogP contribution in [-0.4, -0.2) is 26.4 Å². The van der Waals surface area contributed by atoms with Crippen LogP contribution in [0.2, 0.25) is 0 Å². The van der Waals surface area contributed by atoms with Crippen LogP contribution >= 0.6 is 22.7 Å². The second-order valence-electron chi connectivity index (χ2n) is 7.05. The van der Waals surface area contributed by atoms with Crippen molar-refractivity contribution in [2.24, 2.45) is 0 Å². The lowest BCUT2D eigenvalue weighted by Crippen LogP contribution is -2.30. The van der Waals surface area contributed by atoms with Crippen molar-refractivity contribution in [3.63, 3.8) is 0 Å². The Balaban J connectivity index is 1.30. The van der Waals surface area contributed by atoms with Gasteiger partial charge in [0.15, 0.2) is 5.82 Å². The number of nitrogens with zero attached hydrogens (tertiary/aromatic N) is 4. The number of hydrogen-bond donors (Lipinski definition) is 0. The van der Waals surface area contributed by atoms with Crippen molar-refractivity contribution in [1.82, 2.24) is 19.9 Å². The molecule has 0 saturated carbocycles. The third-order valence-corrected chi connectivity index (χ3v) is 6.94. The Hall–Kier alpha value is -2.41. The third kappa shape index (κ3) is 3.51. The number of hydrogen-bond acceptors (Lipinski definition) is 6. The second kappa shape index (κ2) is 7.54. The van der Waals surface area contributed by atoms with Crippen LogP contribution in [0.25, 0.3) is 21.3 Å². The van der Waals surface area contributed by atoms with E-state index < -0.39 is 0 Å². The van der Waals surface area contributed by atoms with Gasteiger partial charge in [-0.3, -0.25) is 4.90 Å². The SMILES string of the molecule is Cc1ccccc1-c1ncc(CN2CCc3nc(-c4cccs4)ncc3C2)s1. The molecule has 0 amide bonds. The molecule has 5 rings (SSSR count). The Morgan fingerprint density at radius 2 is 2.00 bits per heavy atom. The van der Waals surface area contributed by atoms with Crippen molar-refractivity contribution < 1.29 is 0 Å². The first-order chi connectivity index (χ1) is 13.8. The van der Waals surface area contributed by atoms with Crippen molar-refractivity contribution in [2.75, 3.05) is 6.54 Å². The molecular weight excluding hydrogens is 384 g/mol. The van der Waals surface area contributed by atoms with Crippen LogP contribution in [0.3, 0.4) is 0 Å². The van der Waals surface area contributed by atoms with Crippen LogP contribution in [-0.2, 0) is 19.5 Å². The van der Waals surface area contributed by atoms with E-state index >= 15 is 0 Å². The summed E-state index contributed by atoms with van der Waals surface area (Å²) < 4.78 is 0. The van der Waals surface area contributed by atoms with Crippen LogP contribution in [0, 0.1) is 6.92 Å². The van der Waals surface area contributed by atoms with Crippen molar-refractivity contribution in [1.29, 1.82) is 0 Å². The summed E-state index contributed by atoms with van der Waals surface area (Å²) >= 11 is 3.48. The van der Waals surface area contributed by atoms with Gasteiger partial charge in [0.05, 0.1) is 10.6 Å². The maximum absolute atomic E-state index is 4.81. The largest absolute Gasteiger partial charge is 0.293 e. The van der Waals surface area contributed by atoms with Gasteiger partial charge in [-0.05, 0) is 23.9 Å². The van der Waals surface area contributed by atoms with E-state index in [9.17, 15) is 0 Å². The Labute approximate surface area is 172 Å².